The Bertz CT molecular complexity index is 2510. The average molecular weight is 863 g/mol. The van der Waals surface area contributed by atoms with Crippen molar-refractivity contribution in [1.82, 2.24) is 29.6 Å². The molecule has 6 aliphatic rings. The third-order valence-electron chi connectivity index (χ3n) is 12.3. The van der Waals surface area contributed by atoms with Gasteiger partial charge in [0.1, 0.15) is 34.4 Å². The summed E-state index contributed by atoms with van der Waals surface area (Å²) in [5, 5.41) is 25.7. The van der Waals surface area contributed by atoms with Gasteiger partial charge >= 0.3 is 0 Å². The fourth-order valence-electron chi connectivity index (χ4n) is 9.30. The summed E-state index contributed by atoms with van der Waals surface area (Å²) in [6.07, 6.45) is 6.26. The molecule has 324 valence electrons. The lowest BCUT2D eigenvalue weighted by Crippen LogP contribution is -2.57. The Balaban J connectivity index is 0.000000158. The molecule has 4 aromatic rings. The van der Waals surface area contributed by atoms with E-state index in [1.807, 2.05) is 0 Å². The number of nitrogens with one attached hydrogen (secondary N) is 2. The Morgan fingerprint density at radius 3 is 1.42 bits per heavy atom. The Kier molecular flexibility index (Phi) is 10.4. The highest BCUT2D eigenvalue weighted by atomic mass is 19.1. The van der Waals surface area contributed by atoms with Gasteiger partial charge in [0, 0.05) is 60.8 Å². The molecule has 2 saturated carbocycles. The van der Waals surface area contributed by atoms with Gasteiger partial charge in [-0.1, -0.05) is 12.1 Å². The Morgan fingerprint density at radius 2 is 1.03 bits per heavy atom. The van der Waals surface area contributed by atoms with Gasteiger partial charge in [-0.2, -0.15) is 0 Å². The second kappa shape index (κ2) is 15.7. The second-order valence-corrected chi connectivity index (χ2v) is 16.1. The Labute approximate surface area is 348 Å². The number of halogens is 4. The zero-order valence-corrected chi connectivity index (χ0v) is 32.6. The molecule has 0 unspecified atom stereocenters. The van der Waals surface area contributed by atoms with Crippen molar-refractivity contribution < 1.29 is 56.4 Å². The lowest BCUT2D eigenvalue weighted by Gasteiger charge is -2.44. The predicted molar refractivity (Wildman–Crippen MR) is 205 cm³/mol. The summed E-state index contributed by atoms with van der Waals surface area (Å²) < 4.78 is 68.3. The fourth-order valence-corrected chi connectivity index (χ4v) is 9.30. The summed E-state index contributed by atoms with van der Waals surface area (Å²) in [6, 6.07) is 5.87. The van der Waals surface area contributed by atoms with Crippen molar-refractivity contribution in [1.29, 1.82) is 0 Å². The molecule has 2 saturated heterocycles. The fraction of sp³-hybridized carbons (Fsp3) is 0.381. The van der Waals surface area contributed by atoms with E-state index in [1.54, 1.807) is 9.80 Å². The topological polar surface area (TPSA) is 202 Å². The molecule has 4 bridgehead atoms. The third kappa shape index (κ3) is 7.15. The number of aromatic nitrogens is 2. The molecule has 62 heavy (non-hydrogen) atoms. The largest absolute Gasteiger partial charge is 0.503 e. The monoisotopic (exact) mass is 862 g/mol. The van der Waals surface area contributed by atoms with E-state index in [4.69, 9.17) is 9.47 Å². The van der Waals surface area contributed by atoms with Crippen molar-refractivity contribution in [3.05, 3.63) is 126 Å². The number of ether oxygens (including phenoxy) is 2. The summed E-state index contributed by atoms with van der Waals surface area (Å²) in [4.78, 5) is 79.6. The second-order valence-electron chi connectivity index (χ2n) is 16.1. The van der Waals surface area contributed by atoms with Gasteiger partial charge in [-0.05, 0) is 50.7 Å². The van der Waals surface area contributed by atoms with E-state index in [-0.39, 0.29) is 84.1 Å². The summed E-state index contributed by atoms with van der Waals surface area (Å²) in [6.45, 7) is -0.215. The molecule has 0 spiro atoms. The summed E-state index contributed by atoms with van der Waals surface area (Å²) in [5.74, 6) is -7.47. The minimum Gasteiger partial charge on any atom is -0.503 e. The molecule has 2 aliphatic carbocycles. The van der Waals surface area contributed by atoms with Gasteiger partial charge in [0.15, 0.2) is 35.3 Å². The van der Waals surface area contributed by atoms with Crippen LogP contribution in [0.3, 0.4) is 0 Å². The van der Waals surface area contributed by atoms with Crippen LogP contribution in [0.25, 0.3) is 0 Å². The first kappa shape index (κ1) is 40.8. The van der Waals surface area contributed by atoms with Crippen LogP contribution in [-0.2, 0) is 35.7 Å². The highest BCUT2D eigenvalue weighted by molar-refractivity contribution is 6.00. The number of fused-ring (bicyclic) bond motifs is 10. The molecule has 2 aromatic heterocycles. The van der Waals surface area contributed by atoms with Gasteiger partial charge in [0.2, 0.25) is 10.9 Å². The average Bonchev–Trinajstić information content (AvgIpc) is 3.80. The van der Waals surface area contributed by atoms with Gasteiger partial charge in [-0.15, -0.1) is 0 Å². The van der Waals surface area contributed by atoms with Crippen molar-refractivity contribution in [2.24, 2.45) is 0 Å². The lowest BCUT2D eigenvalue weighted by atomic mass is 10.1. The zero-order chi connectivity index (χ0) is 43.7. The van der Waals surface area contributed by atoms with Gasteiger partial charge in [-0.25, -0.2) is 17.6 Å². The van der Waals surface area contributed by atoms with Crippen molar-refractivity contribution in [3.8, 4) is 11.5 Å². The lowest BCUT2D eigenvalue weighted by molar-refractivity contribution is -0.132. The van der Waals surface area contributed by atoms with Gasteiger partial charge in [-0.3, -0.25) is 28.8 Å². The van der Waals surface area contributed by atoms with E-state index < -0.39 is 81.7 Å². The van der Waals surface area contributed by atoms with Crippen LogP contribution in [0.15, 0.2) is 58.4 Å². The number of pyridine rings is 2. The smallest absolute Gasteiger partial charge is 0.276 e. The number of aromatic hydroxyl groups is 2. The number of nitrogens with zero attached hydrogens (tertiary/aromatic N) is 4. The van der Waals surface area contributed by atoms with Crippen LogP contribution in [0.5, 0.6) is 11.5 Å². The highest BCUT2D eigenvalue weighted by Gasteiger charge is 2.49. The maximum Gasteiger partial charge on any atom is 0.276 e. The first-order chi connectivity index (χ1) is 29.7. The van der Waals surface area contributed by atoms with Crippen LogP contribution in [0.4, 0.5) is 17.6 Å². The Hall–Kier alpha value is -6.54. The van der Waals surface area contributed by atoms with Crippen LogP contribution in [0, 0.1) is 23.3 Å². The normalized spacial score (nSPS) is 24.0. The number of benzene rings is 2. The molecular formula is C42H38F4N6O10. The third-order valence-corrected chi connectivity index (χ3v) is 12.3. The van der Waals surface area contributed by atoms with Crippen LogP contribution in [-0.4, -0.2) is 89.5 Å². The molecule has 4 amide bonds. The molecular weight excluding hydrogens is 824 g/mol. The summed E-state index contributed by atoms with van der Waals surface area (Å²) in [7, 11) is 0. The highest BCUT2D eigenvalue weighted by Crippen LogP contribution is 2.40. The zero-order valence-electron chi connectivity index (χ0n) is 32.6. The van der Waals surface area contributed by atoms with Crippen LogP contribution in [0.2, 0.25) is 0 Å². The molecule has 6 heterocycles. The SMILES string of the molecule is O=C(NCc1ccc(F)cc1F)c1cn2c(c(O)c1=O)C(=O)N1[C@@H]3CC[C@@H](C3)O[C@H]1C2.O=C(NCc1ccc(F)cc1F)c1cn2c(c(O)c1=O)C(=O)N1[C@H]3CC[C@H](C3)O[C@@H]1C2. The van der Waals surface area contributed by atoms with E-state index in [1.165, 1.54) is 33.7 Å². The maximum atomic E-state index is 13.8. The summed E-state index contributed by atoms with van der Waals surface area (Å²) >= 11 is 0. The number of hydrogen-bond acceptors (Lipinski definition) is 10. The maximum absolute atomic E-state index is 13.8. The van der Waals surface area contributed by atoms with E-state index in [9.17, 15) is 56.5 Å². The van der Waals surface area contributed by atoms with Gasteiger partial charge in [0.05, 0.1) is 25.3 Å². The van der Waals surface area contributed by atoms with Crippen molar-refractivity contribution in [2.45, 2.75) is 101 Å². The van der Waals surface area contributed by atoms with Crippen molar-refractivity contribution in [2.75, 3.05) is 0 Å². The number of carbonyl (C=O) groups is 4. The van der Waals surface area contributed by atoms with Crippen LogP contribution < -0.4 is 21.5 Å². The molecule has 0 radical (unpaired) electrons. The first-order valence-corrected chi connectivity index (χ1v) is 20.0. The van der Waals surface area contributed by atoms with Gasteiger partial charge in [0.25, 0.3) is 23.6 Å². The molecule has 4 N–H and O–H groups in total. The first-order valence-electron chi connectivity index (χ1n) is 20.0. The van der Waals surface area contributed by atoms with E-state index in [0.29, 0.717) is 12.1 Å². The molecule has 16 nitrogen and oxygen atoms in total. The van der Waals surface area contributed by atoms with E-state index in [0.717, 1.165) is 50.7 Å². The molecule has 4 aliphatic heterocycles. The van der Waals surface area contributed by atoms with E-state index in [2.05, 4.69) is 10.6 Å². The quantitative estimate of drug-likeness (QED) is 0.209. The molecule has 6 atom stereocenters. The minimum absolute atomic E-state index is 0.00748. The number of amides is 4. The number of rotatable bonds is 6. The van der Waals surface area contributed by atoms with E-state index >= 15 is 0 Å². The van der Waals surface area contributed by atoms with Crippen molar-refractivity contribution in [3.63, 3.8) is 0 Å². The Morgan fingerprint density at radius 1 is 0.629 bits per heavy atom. The van der Waals surface area contributed by atoms with Gasteiger partial charge < -0.3 is 49.3 Å². The molecule has 10 rings (SSSR count). The number of carbonyl (C=O) groups excluding carboxylic acids is 4. The van der Waals surface area contributed by atoms with Crippen molar-refractivity contribution >= 4 is 23.6 Å². The minimum atomic E-state index is -0.989. The predicted octanol–water partition coefficient (Wildman–Crippen LogP) is 2.99. The van der Waals surface area contributed by atoms with Crippen LogP contribution >= 0.6 is 0 Å². The standard InChI is InChI=1S/2C21H19F2N3O5/c2*22-11-2-1-10(15(23)5-11)7-24-20(29)14-8-25-9-16-26(12-3-4-13(6-12)31-16)21(30)17(25)19(28)18(14)27/h2*1-2,5,8,12-13,16,28H,3-4,6-7,9H2,(H,24,29)/t2*12-,13+,16+/m10/s1. The number of hydrogen-bond donors (Lipinski definition) is 4. The molecule has 20 heteroatoms. The summed E-state index contributed by atoms with van der Waals surface area (Å²) in [5.41, 5.74) is -3.02. The van der Waals surface area contributed by atoms with Crippen LogP contribution in [0.1, 0.15) is 91.3 Å². The molecule has 2 aromatic carbocycles. The molecule has 4 fully saturated rings.